The third-order valence-electron chi connectivity index (χ3n) is 2.83. The fraction of sp³-hybridized carbons (Fsp3) is 0.0588. The number of benzene rings is 2. The van der Waals surface area contributed by atoms with Gasteiger partial charge < -0.3 is 0 Å². The Bertz CT molecular complexity index is 667. The number of rotatable bonds is 4. The van der Waals surface area contributed by atoms with Crippen molar-refractivity contribution in [2.24, 2.45) is 0 Å². The van der Waals surface area contributed by atoms with Crippen molar-refractivity contribution in [2.45, 2.75) is 6.42 Å². The summed E-state index contributed by atoms with van der Waals surface area (Å²) in [6.45, 7) is 0. The normalized spacial score (nSPS) is 10.4. The molecule has 22 heavy (non-hydrogen) atoms. The molecule has 0 atom stereocenters. The highest BCUT2D eigenvalue weighted by Gasteiger charge is 2.04. The van der Waals surface area contributed by atoms with Crippen LogP contribution in [0.15, 0.2) is 60.7 Å². The molecule has 2 amide bonds. The van der Waals surface area contributed by atoms with Crippen molar-refractivity contribution in [3.05, 3.63) is 76.8 Å². The molecule has 0 unspecified atom stereocenters. The van der Waals surface area contributed by atoms with Gasteiger partial charge in [0.2, 0.25) is 5.91 Å². The van der Waals surface area contributed by atoms with E-state index in [4.69, 9.17) is 11.6 Å². The van der Waals surface area contributed by atoms with Gasteiger partial charge in [0.25, 0.3) is 5.91 Å². The number of halogens is 1. The first kappa shape index (κ1) is 15.8. The van der Waals surface area contributed by atoms with Gasteiger partial charge in [0.15, 0.2) is 0 Å². The van der Waals surface area contributed by atoms with Gasteiger partial charge in [0.05, 0.1) is 6.42 Å². The predicted molar refractivity (Wildman–Crippen MR) is 86.9 cm³/mol. The van der Waals surface area contributed by atoms with Crippen LogP contribution in [0.4, 0.5) is 0 Å². The van der Waals surface area contributed by atoms with Gasteiger partial charge in [0.1, 0.15) is 0 Å². The number of hydrogen-bond donors (Lipinski definition) is 2. The maximum Gasteiger partial charge on any atom is 0.262 e. The molecule has 112 valence electrons. The number of amides is 2. The number of carbonyl (C=O) groups excluding carboxylic acids is 2. The lowest BCUT2D eigenvalue weighted by atomic mass is 10.1. The van der Waals surface area contributed by atoms with Crippen LogP contribution in [0.2, 0.25) is 5.02 Å². The smallest absolute Gasteiger partial charge is 0.262 e. The first-order valence-corrected chi connectivity index (χ1v) is 7.08. The zero-order valence-electron chi connectivity index (χ0n) is 11.8. The molecule has 0 heterocycles. The second-order valence-electron chi connectivity index (χ2n) is 4.58. The lowest BCUT2D eigenvalue weighted by Crippen LogP contribution is -2.41. The largest absolute Gasteiger partial charge is 0.273 e. The molecule has 0 aliphatic heterocycles. The minimum atomic E-state index is -0.395. The lowest BCUT2D eigenvalue weighted by Gasteiger charge is -2.05. The fourth-order valence-electron chi connectivity index (χ4n) is 1.74. The summed E-state index contributed by atoms with van der Waals surface area (Å²) in [6, 6.07) is 16.4. The second kappa shape index (κ2) is 8.00. The van der Waals surface area contributed by atoms with E-state index in [9.17, 15) is 9.59 Å². The van der Waals surface area contributed by atoms with E-state index >= 15 is 0 Å². The summed E-state index contributed by atoms with van der Waals surface area (Å²) in [7, 11) is 0. The molecule has 2 aromatic carbocycles. The van der Waals surface area contributed by atoms with E-state index in [1.54, 1.807) is 30.3 Å². The molecule has 0 bridgehead atoms. The van der Waals surface area contributed by atoms with Gasteiger partial charge in [-0.2, -0.15) is 0 Å². The Morgan fingerprint density at radius 2 is 1.64 bits per heavy atom. The maximum atomic E-state index is 11.7. The second-order valence-corrected chi connectivity index (χ2v) is 5.02. The molecule has 2 rings (SSSR count). The van der Waals surface area contributed by atoms with Crippen LogP contribution in [-0.2, 0) is 16.0 Å². The average molecular weight is 315 g/mol. The van der Waals surface area contributed by atoms with Crippen molar-refractivity contribution >= 4 is 29.5 Å². The van der Waals surface area contributed by atoms with Crippen molar-refractivity contribution in [3.8, 4) is 0 Å². The highest BCUT2D eigenvalue weighted by Crippen LogP contribution is 2.09. The summed E-state index contributed by atoms with van der Waals surface area (Å²) < 4.78 is 0. The Morgan fingerprint density at radius 3 is 2.32 bits per heavy atom. The van der Waals surface area contributed by atoms with Gasteiger partial charge in [-0.15, -0.1) is 0 Å². The van der Waals surface area contributed by atoms with Crippen LogP contribution >= 0.6 is 11.6 Å². The molecular formula is C17H15ClN2O2. The average Bonchev–Trinajstić information content (AvgIpc) is 2.54. The van der Waals surface area contributed by atoms with Gasteiger partial charge in [0, 0.05) is 11.1 Å². The standard InChI is InChI=1S/C17H15ClN2O2/c18-15-9-6-14(7-10-15)12-17(22)20-19-16(21)11-8-13-4-2-1-3-5-13/h1-11H,12H2,(H,19,21)(H,20,22)/b11-8+. The SMILES string of the molecule is O=C(/C=C/c1ccccc1)NNC(=O)Cc1ccc(Cl)cc1. The number of hydrazine groups is 1. The number of nitrogens with one attached hydrogen (secondary N) is 2. The Kier molecular flexibility index (Phi) is 5.74. The van der Waals surface area contributed by atoms with E-state index in [0.29, 0.717) is 5.02 Å². The fourth-order valence-corrected chi connectivity index (χ4v) is 1.87. The quantitative estimate of drug-likeness (QED) is 0.673. The van der Waals surface area contributed by atoms with E-state index < -0.39 is 5.91 Å². The summed E-state index contributed by atoms with van der Waals surface area (Å²) in [5.41, 5.74) is 6.42. The zero-order valence-corrected chi connectivity index (χ0v) is 12.5. The number of carbonyl (C=O) groups is 2. The Hall–Kier alpha value is -2.59. The van der Waals surface area contributed by atoms with Gasteiger partial charge in [-0.05, 0) is 29.3 Å². The van der Waals surface area contributed by atoms with E-state index in [1.165, 1.54) is 6.08 Å². The molecular weight excluding hydrogens is 300 g/mol. The minimum absolute atomic E-state index is 0.167. The Balaban J connectivity index is 1.77. The topological polar surface area (TPSA) is 58.2 Å². The van der Waals surface area contributed by atoms with Crippen LogP contribution in [0.5, 0.6) is 0 Å². The highest BCUT2D eigenvalue weighted by molar-refractivity contribution is 6.30. The zero-order chi connectivity index (χ0) is 15.8. The van der Waals surface area contributed by atoms with Crippen LogP contribution in [0.3, 0.4) is 0 Å². The van der Waals surface area contributed by atoms with Gasteiger partial charge >= 0.3 is 0 Å². The minimum Gasteiger partial charge on any atom is -0.273 e. The summed E-state index contributed by atoms with van der Waals surface area (Å²) in [6.07, 6.45) is 3.19. The highest BCUT2D eigenvalue weighted by atomic mass is 35.5. The van der Waals surface area contributed by atoms with Crippen LogP contribution in [0.1, 0.15) is 11.1 Å². The van der Waals surface area contributed by atoms with Crippen molar-refractivity contribution in [2.75, 3.05) is 0 Å². The van der Waals surface area contributed by atoms with E-state index in [1.807, 2.05) is 30.3 Å². The first-order valence-electron chi connectivity index (χ1n) is 6.70. The van der Waals surface area contributed by atoms with Crippen molar-refractivity contribution < 1.29 is 9.59 Å². The summed E-state index contributed by atoms with van der Waals surface area (Å²) >= 11 is 5.77. The molecule has 0 aromatic heterocycles. The van der Waals surface area contributed by atoms with Crippen LogP contribution in [-0.4, -0.2) is 11.8 Å². The molecule has 0 aliphatic carbocycles. The molecule has 0 fully saturated rings. The molecule has 0 radical (unpaired) electrons. The van der Waals surface area contributed by atoms with Crippen LogP contribution in [0.25, 0.3) is 6.08 Å². The number of hydrogen-bond acceptors (Lipinski definition) is 2. The molecule has 5 heteroatoms. The van der Waals surface area contributed by atoms with E-state index in [0.717, 1.165) is 11.1 Å². The Labute approximate surface area is 133 Å². The van der Waals surface area contributed by atoms with E-state index in [-0.39, 0.29) is 12.3 Å². The monoisotopic (exact) mass is 314 g/mol. The van der Waals surface area contributed by atoms with Crippen LogP contribution in [0, 0.1) is 0 Å². The summed E-state index contributed by atoms with van der Waals surface area (Å²) in [4.78, 5) is 23.3. The van der Waals surface area contributed by atoms with Gasteiger partial charge in [-0.25, -0.2) is 0 Å². The van der Waals surface area contributed by atoms with Crippen molar-refractivity contribution in [3.63, 3.8) is 0 Å². The van der Waals surface area contributed by atoms with Crippen molar-refractivity contribution in [1.82, 2.24) is 10.9 Å². The molecule has 2 aromatic rings. The van der Waals surface area contributed by atoms with Gasteiger partial charge in [-0.1, -0.05) is 54.1 Å². The molecule has 0 saturated carbocycles. The maximum absolute atomic E-state index is 11.7. The van der Waals surface area contributed by atoms with Gasteiger partial charge in [-0.3, -0.25) is 20.4 Å². The third-order valence-corrected chi connectivity index (χ3v) is 3.08. The molecule has 0 spiro atoms. The Morgan fingerprint density at radius 1 is 0.955 bits per heavy atom. The molecule has 4 nitrogen and oxygen atoms in total. The predicted octanol–water partition coefficient (Wildman–Crippen LogP) is 2.74. The van der Waals surface area contributed by atoms with Crippen molar-refractivity contribution in [1.29, 1.82) is 0 Å². The molecule has 0 aliphatic rings. The van der Waals surface area contributed by atoms with Crippen LogP contribution < -0.4 is 10.9 Å². The molecule has 0 saturated heterocycles. The third kappa shape index (κ3) is 5.42. The lowest BCUT2D eigenvalue weighted by molar-refractivity contribution is -0.126. The molecule has 2 N–H and O–H groups in total. The summed E-state index contributed by atoms with van der Waals surface area (Å²) in [5.74, 6) is -0.697. The van der Waals surface area contributed by atoms with E-state index in [2.05, 4.69) is 10.9 Å². The first-order chi connectivity index (χ1) is 10.6. The summed E-state index contributed by atoms with van der Waals surface area (Å²) in [5, 5.41) is 0.614.